The Bertz CT molecular complexity index is 829. The van der Waals surface area contributed by atoms with Gasteiger partial charge in [0, 0.05) is 42.4 Å². The van der Waals surface area contributed by atoms with Crippen LogP contribution in [0.15, 0.2) is 48.3 Å². The van der Waals surface area contributed by atoms with Gasteiger partial charge in [-0.2, -0.15) is 0 Å². The summed E-state index contributed by atoms with van der Waals surface area (Å²) < 4.78 is 5.33. The second-order valence-electron chi connectivity index (χ2n) is 6.95. The van der Waals surface area contributed by atoms with Crippen molar-refractivity contribution in [1.82, 2.24) is 9.97 Å². The fourth-order valence-electron chi connectivity index (χ4n) is 4.32. The van der Waals surface area contributed by atoms with Crippen LogP contribution in [0, 0.1) is 0 Å². The van der Waals surface area contributed by atoms with E-state index in [4.69, 9.17) is 4.74 Å². The molecule has 0 saturated heterocycles. The minimum absolute atomic E-state index is 0.173. The highest BCUT2D eigenvalue weighted by atomic mass is 16.5. The van der Waals surface area contributed by atoms with Crippen LogP contribution in [0.3, 0.4) is 0 Å². The maximum Gasteiger partial charge on any atom is 0.213 e. The van der Waals surface area contributed by atoms with Crippen molar-refractivity contribution in [3.63, 3.8) is 0 Å². The van der Waals surface area contributed by atoms with E-state index in [2.05, 4.69) is 22.1 Å². The van der Waals surface area contributed by atoms with Gasteiger partial charge >= 0.3 is 0 Å². The fraction of sp³-hybridized carbons (Fsp3) is 0.381. The van der Waals surface area contributed by atoms with E-state index in [0.29, 0.717) is 12.3 Å². The maximum atomic E-state index is 12.1. The first kappa shape index (κ1) is 16.0. The summed E-state index contributed by atoms with van der Waals surface area (Å²) in [6.45, 7) is 0. The third-order valence-corrected chi connectivity index (χ3v) is 5.54. The number of aromatic nitrogens is 2. The zero-order chi connectivity index (χ0) is 17.3. The summed E-state index contributed by atoms with van der Waals surface area (Å²) in [5.41, 5.74) is 4.68. The number of aryl methyl sites for hydroxylation is 1. The van der Waals surface area contributed by atoms with Gasteiger partial charge in [0.1, 0.15) is 0 Å². The Morgan fingerprint density at radius 1 is 1.20 bits per heavy atom. The lowest BCUT2D eigenvalue weighted by molar-refractivity contribution is -0.115. The summed E-state index contributed by atoms with van der Waals surface area (Å²) in [5, 5.41) is 0. The Morgan fingerprint density at radius 2 is 2.12 bits per heavy atom. The molecular formula is C21H22N2O2. The molecule has 0 amide bonds. The van der Waals surface area contributed by atoms with Crippen LogP contribution >= 0.6 is 0 Å². The van der Waals surface area contributed by atoms with Gasteiger partial charge in [-0.05, 0) is 55.0 Å². The molecule has 4 nitrogen and oxygen atoms in total. The Labute approximate surface area is 148 Å². The molecule has 0 spiro atoms. The highest BCUT2D eigenvalue weighted by Gasteiger charge is 2.42. The van der Waals surface area contributed by atoms with E-state index < -0.39 is 0 Å². The van der Waals surface area contributed by atoms with Gasteiger partial charge in [0.05, 0.1) is 7.11 Å². The summed E-state index contributed by atoms with van der Waals surface area (Å²) in [6, 6.07) is 8.11. The average Bonchev–Trinajstić information content (AvgIpc) is 2.79. The molecule has 25 heavy (non-hydrogen) atoms. The standard InChI is InChI=1S/C21H22N2O2/c1-25-20-11-15-5-4-6-16-12-18(24)8-9-21(16,19(15)14-23-20)13-17-7-2-3-10-22-17/h2-3,7,10-12,14H,4-6,8-9,13H2,1H3. The molecule has 0 N–H and O–H groups in total. The molecule has 0 radical (unpaired) electrons. The van der Waals surface area contributed by atoms with E-state index in [0.717, 1.165) is 37.8 Å². The van der Waals surface area contributed by atoms with Crippen molar-refractivity contribution >= 4 is 5.78 Å². The molecule has 0 bridgehead atoms. The fourth-order valence-corrected chi connectivity index (χ4v) is 4.32. The number of carbonyl (C=O) groups excluding carboxylic acids is 1. The lowest BCUT2D eigenvalue weighted by Gasteiger charge is -2.39. The SMILES string of the molecule is COc1cc2c(cn1)C1(Cc3ccccn3)CCC(=O)C=C1CCC2. The summed E-state index contributed by atoms with van der Waals surface area (Å²) in [6.07, 6.45) is 10.9. The van der Waals surface area contributed by atoms with Crippen molar-refractivity contribution < 1.29 is 9.53 Å². The second kappa shape index (κ2) is 6.43. The van der Waals surface area contributed by atoms with Gasteiger partial charge in [0.15, 0.2) is 5.78 Å². The largest absolute Gasteiger partial charge is 0.481 e. The molecular weight excluding hydrogens is 312 g/mol. The average molecular weight is 334 g/mol. The maximum absolute atomic E-state index is 12.1. The quantitative estimate of drug-likeness (QED) is 0.861. The van der Waals surface area contributed by atoms with E-state index in [1.165, 1.54) is 16.7 Å². The summed E-state index contributed by atoms with van der Waals surface area (Å²) in [4.78, 5) is 21.2. The number of ketones is 1. The molecule has 0 fully saturated rings. The monoisotopic (exact) mass is 334 g/mol. The Kier molecular flexibility index (Phi) is 4.12. The van der Waals surface area contributed by atoms with E-state index in [1.54, 1.807) is 7.11 Å². The first-order valence-corrected chi connectivity index (χ1v) is 8.88. The molecule has 0 aliphatic heterocycles. The minimum atomic E-state index is -0.173. The van der Waals surface area contributed by atoms with Gasteiger partial charge in [0.25, 0.3) is 0 Å². The van der Waals surface area contributed by atoms with Crippen molar-refractivity contribution in [2.24, 2.45) is 0 Å². The topological polar surface area (TPSA) is 52.1 Å². The zero-order valence-electron chi connectivity index (χ0n) is 14.5. The molecule has 1 atom stereocenters. The Balaban J connectivity index is 1.88. The van der Waals surface area contributed by atoms with Crippen molar-refractivity contribution in [3.05, 3.63) is 65.1 Å². The first-order chi connectivity index (χ1) is 12.2. The number of methoxy groups -OCH3 is 1. The van der Waals surface area contributed by atoms with E-state index >= 15 is 0 Å². The van der Waals surface area contributed by atoms with Crippen molar-refractivity contribution in [1.29, 1.82) is 0 Å². The van der Waals surface area contributed by atoms with Gasteiger partial charge in [-0.25, -0.2) is 4.98 Å². The number of nitrogens with zero attached hydrogens (tertiary/aromatic N) is 2. The Morgan fingerprint density at radius 3 is 2.92 bits per heavy atom. The summed E-state index contributed by atoms with van der Waals surface area (Å²) in [7, 11) is 1.65. The van der Waals surface area contributed by atoms with Crippen molar-refractivity contribution in [2.75, 3.05) is 7.11 Å². The predicted octanol–water partition coefficient (Wildman–Crippen LogP) is 3.59. The number of pyridine rings is 2. The smallest absolute Gasteiger partial charge is 0.213 e. The number of rotatable bonds is 3. The number of hydrogen-bond acceptors (Lipinski definition) is 4. The van der Waals surface area contributed by atoms with Gasteiger partial charge in [-0.15, -0.1) is 0 Å². The van der Waals surface area contributed by atoms with Gasteiger partial charge in [-0.1, -0.05) is 11.6 Å². The predicted molar refractivity (Wildman–Crippen MR) is 95.7 cm³/mol. The van der Waals surface area contributed by atoms with Crippen molar-refractivity contribution in [2.45, 2.75) is 43.9 Å². The van der Waals surface area contributed by atoms with Crippen LogP contribution < -0.4 is 4.74 Å². The van der Waals surface area contributed by atoms with Crippen LogP contribution in [0.25, 0.3) is 0 Å². The number of carbonyl (C=O) groups is 1. The highest BCUT2D eigenvalue weighted by Crippen LogP contribution is 2.47. The zero-order valence-corrected chi connectivity index (χ0v) is 14.5. The van der Waals surface area contributed by atoms with Crippen LogP contribution in [0.2, 0.25) is 0 Å². The van der Waals surface area contributed by atoms with E-state index in [1.807, 2.05) is 30.6 Å². The molecule has 0 aromatic carbocycles. The second-order valence-corrected chi connectivity index (χ2v) is 6.95. The first-order valence-electron chi connectivity index (χ1n) is 8.88. The molecule has 0 saturated carbocycles. The highest BCUT2D eigenvalue weighted by molar-refractivity contribution is 5.92. The molecule has 4 rings (SSSR count). The van der Waals surface area contributed by atoms with E-state index in [9.17, 15) is 4.79 Å². The number of hydrogen-bond donors (Lipinski definition) is 0. The van der Waals surface area contributed by atoms with Crippen LogP contribution in [0.5, 0.6) is 5.88 Å². The van der Waals surface area contributed by atoms with Gasteiger partial charge in [-0.3, -0.25) is 9.78 Å². The van der Waals surface area contributed by atoms with E-state index in [-0.39, 0.29) is 11.2 Å². The van der Waals surface area contributed by atoms with Gasteiger partial charge < -0.3 is 4.74 Å². The molecule has 4 heteroatoms. The molecule has 2 heterocycles. The normalized spacial score (nSPS) is 22.4. The van der Waals surface area contributed by atoms with Crippen LogP contribution in [0.1, 0.15) is 42.5 Å². The van der Waals surface area contributed by atoms with Crippen LogP contribution in [0.4, 0.5) is 0 Å². The number of allylic oxidation sites excluding steroid dienone is 2. The summed E-state index contributed by atoms with van der Waals surface area (Å²) in [5.74, 6) is 0.905. The van der Waals surface area contributed by atoms with Crippen molar-refractivity contribution in [3.8, 4) is 5.88 Å². The molecule has 1 unspecified atom stereocenters. The molecule has 2 aromatic rings. The number of ether oxygens (including phenoxy) is 1. The minimum Gasteiger partial charge on any atom is -0.481 e. The molecule has 128 valence electrons. The third kappa shape index (κ3) is 2.86. The molecule has 2 aromatic heterocycles. The Hall–Kier alpha value is -2.49. The van der Waals surface area contributed by atoms with Crippen LogP contribution in [-0.2, 0) is 23.1 Å². The lowest BCUT2D eigenvalue weighted by atomic mass is 9.64. The number of fused-ring (bicyclic) bond motifs is 3. The van der Waals surface area contributed by atoms with Gasteiger partial charge in [0.2, 0.25) is 5.88 Å². The summed E-state index contributed by atoms with van der Waals surface area (Å²) >= 11 is 0. The van der Waals surface area contributed by atoms with Crippen LogP contribution in [-0.4, -0.2) is 22.9 Å². The lowest BCUT2D eigenvalue weighted by Crippen LogP contribution is -2.36. The molecule has 2 aliphatic rings. The molecule has 2 aliphatic carbocycles. The third-order valence-electron chi connectivity index (χ3n) is 5.54.